The van der Waals surface area contributed by atoms with Crippen molar-refractivity contribution in [3.63, 3.8) is 0 Å². The number of benzene rings is 1. The maximum absolute atomic E-state index is 13.3. The number of rotatable bonds is 8. The minimum absolute atomic E-state index is 0.0104. The third-order valence-corrected chi connectivity index (χ3v) is 7.17. The van der Waals surface area contributed by atoms with Crippen LogP contribution in [0.2, 0.25) is 0 Å². The molecule has 2 atom stereocenters. The van der Waals surface area contributed by atoms with Gasteiger partial charge in [0, 0.05) is 19.2 Å². The highest BCUT2D eigenvalue weighted by Crippen LogP contribution is 2.45. The average Bonchev–Trinajstić information content (AvgIpc) is 3.39. The molecule has 0 bridgehead atoms. The van der Waals surface area contributed by atoms with Crippen molar-refractivity contribution in [1.82, 2.24) is 24.7 Å². The van der Waals surface area contributed by atoms with Crippen LogP contribution in [0.5, 0.6) is 0 Å². The van der Waals surface area contributed by atoms with Crippen LogP contribution in [-0.2, 0) is 28.0 Å². The average molecular weight is 554 g/mol. The molecular formula is C27H26F3N7O3. The molecule has 1 aromatic carbocycles. The van der Waals surface area contributed by atoms with Gasteiger partial charge in [-0.3, -0.25) is 9.59 Å². The zero-order valence-electron chi connectivity index (χ0n) is 21.7. The van der Waals surface area contributed by atoms with Crippen LogP contribution in [0.1, 0.15) is 43.4 Å². The zero-order valence-corrected chi connectivity index (χ0v) is 21.7. The molecule has 1 aliphatic heterocycles. The van der Waals surface area contributed by atoms with Crippen molar-refractivity contribution in [2.24, 2.45) is 5.92 Å². The molecule has 0 saturated carbocycles. The Bertz CT molecular complexity index is 1620. The number of carbonyl (C=O) groups is 2. The molecule has 4 N–H and O–H groups in total. The number of aromatic nitrogens is 5. The Kier molecular flexibility index (Phi) is 6.68. The predicted octanol–water partition coefficient (Wildman–Crippen LogP) is 4.33. The number of fused-ring (bicyclic) bond motifs is 2. The lowest BCUT2D eigenvalue weighted by atomic mass is 9.77. The third kappa shape index (κ3) is 4.82. The Morgan fingerprint density at radius 1 is 1.20 bits per heavy atom. The van der Waals surface area contributed by atoms with Gasteiger partial charge in [0.15, 0.2) is 11.5 Å². The summed E-state index contributed by atoms with van der Waals surface area (Å²) in [5.41, 5.74) is 7.69. The fourth-order valence-corrected chi connectivity index (χ4v) is 4.96. The molecule has 1 amide bonds. The van der Waals surface area contributed by atoms with Crippen molar-refractivity contribution in [3.05, 3.63) is 59.3 Å². The summed E-state index contributed by atoms with van der Waals surface area (Å²) in [5.74, 6) is -1.45. The van der Waals surface area contributed by atoms with E-state index in [0.29, 0.717) is 28.6 Å². The van der Waals surface area contributed by atoms with Crippen molar-refractivity contribution >= 4 is 34.5 Å². The number of amides is 1. The molecule has 0 spiro atoms. The number of hydrogen-bond donors (Lipinski definition) is 3. The van der Waals surface area contributed by atoms with Gasteiger partial charge < -0.3 is 16.2 Å². The summed E-state index contributed by atoms with van der Waals surface area (Å²) < 4.78 is 39.5. The van der Waals surface area contributed by atoms with E-state index in [0.717, 1.165) is 5.56 Å². The first-order chi connectivity index (χ1) is 18.9. The normalized spacial score (nSPS) is 17.6. The molecule has 0 saturated heterocycles. The first-order valence-electron chi connectivity index (χ1n) is 12.6. The number of alkyl halides is 3. The molecule has 1 aliphatic rings. The molecular weight excluding hydrogens is 527 g/mol. The number of nitrogens with two attached hydrogens (primary N) is 1. The lowest BCUT2D eigenvalue weighted by Crippen LogP contribution is -2.33. The van der Waals surface area contributed by atoms with Crippen LogP contribution in [0.25, 0.3) is 22.6 Å². The highest BCUT2D eigenvalue weighted by Gasteiger charge is 2.47. The summed E-state index contributed by atoms with van der Waals surface area (Å²) in [6.45, 7) is 3.32. The fourth-order valence-electron chi connectivity index (χ4n) is 4.96. The number of nitrogen functional groups attached to an aromatic ring is 1. The van der Waals surface area contributed by atoms with Crippen molar-refractivity contribution in [2.45, 2.75) is 51.2 Å². The Labute approximate surface area is 226 Å². The number of pyridine rings is 1. The maximum atomic E-state index is 13.3. The van der Waals surface area contributed by atoms with Crippen LogP contribution in [0.4, 0.5) is 24.8 Å². The van der Waals surface area contributed by atoms with E-state index in [9.17, 15) is 27.9 Å². The van der Waals surface area contributed by atoms with Crippen LogP contribution in [-0.4, -0.2) is 47.9 Å². The minimum Gasteiger partial charge on any atom is -0.481 e. The summed E-state index contributed by atoms with van der Waals surface area (Å²) in [6, 6.07) is 10.5. The van der Waals surface area contributed by atoms with Gasteiger partial charge in [-0.05, 0) is 43.0 Å². The maximum Gasteiger partial charge on any atom is 0.389 e. The molecule has 0 fully saturated rings. The minimum atomic E-state index is -4.28. The Hall–Kier alpha value is -4.55. The SMILES string of the molecule is C[C@@H](Cc1ccc(C2(C)C(=O)Nc3nc(-c4nn(CCCC(F)(F)F)c5ncccc45)nc(N)c32)cc1)C(=O)O. The Balaban J connectivity index is 1.50. The predicted molar refractivity (Wildman–Crippen MR) is 140 cm³/mol. The van der Waals surface area contributed by atoms with Gasteiger partial charge in [-0.1, -0.05) is 31.2 Å². The van der Waals surface area contributed by atoms with Crippen LogP contribution in [0, 0.1) is 5.92 Å². The number of hydrogen-bond acceptors (Lipinski definition) is 7. The molecule has 40 heavy (non-hydrogen) atoms. The summed E-state index contributed by atoms with van der Waals surface area (Å²) in [7, 11) is 0. The molecule has 10 nitrogen and oxygen atoms in total. The van der Waals surface area contributed by atoms with E-state index in [1.165, 1.54) is 10.9 Å². The number of nitrogens with one attached hydrogen (secondary N) is 1. The largest absolute Gasteiger partial charge is 0.481 e. The Morgan fingerprint density at radius 2 is 1.93 bits per heavy atom. The van der Waals surface area contributed by atoms with Crippen LogP contribution in [0.3, 0.4) is 0 Å². The quantitative estimate of drug-likeness (QED) is 0.292. The molecule has 3 aromatic heterocycles. The molecule has 5 rings (SSSR count). The van der Waals surface area contributed by atoms with E-state index in [4.69, 9.17) is 5.73 Å². The van der Waals surface area contributed by atoms with Gasteiger partial charge in [-0.2, -0.15) is 18.3 Å². The summed E-state index contributed by atoms with van der Waals surface area (Å²) in [5, 5.41) is 17.0. The van der Waals surface area contributed by atoms with Crippen molar-refractivity contribution in [1.29, 1.82) is 0 Å². The zero-order chi connectivity index (χ0) is 28.8. The van der Waals surface area contributed by atoms with Crippen molar-refractivity contribution in [3.8, 4) is 11.5 Å². The van der Waals surface area contributed by atoms with E-state index < -0.39 is 29.9 Å². The van der Waals surface area contributed by atoms with Crippen molar-refractivity contribution < 1.29 is 27.9 Å². The van der Waals surface area contributed by atoms with Gasteiger partial charge in [0.1, 0.15) is 22.7 Å². The van der Waals surface area contributed by atoms with E-state index in [2.05, 4.69) is 25.4 Å². The molecule has 0 aliphatic carbocycles. The standard InChI is InChI=1S/C27H26F3N7O3/c1-14(24(38)39)13-15-6-8-16(9-7-15)26(2)18-20(31)33-22(34-21(18)35-25(26)40)19-17-5-3-11-32-23(17)37(36-19)12-4-10-27(28,29)30/h3,5-9,11,14H,4,10,12-13H2,1-2H3,(H,38,39)(H3,31,33,34,35,40)/t14-,26?/m0/s1. The molecule has 4 aromatic rings. The fraction of sp³-hybridized carbons (Fsp3) is 0.333. The number of anilines is 2. The molecule has 4 heterocycles. The van der Waals surface area contributed by atoms with E-state index >= 15 is 0 Å². The van der Waals surface area contributed by atoms with Gasteiger partial charge in [-0.15, -0.1) is 0 Å². The monoisotopic (exact) mass is 553 g/mol. The van der Waals surface area contributed by atoms with Gasteiger partial charge in [-0.25, -0.2) is 19.6 Å². The highest BCUT2D eigenvalue weighted by molar-refractivity contribution is 6.09. The smallest absolute Gasteiger partial charge is 0.389 e. The number of aryl methyl sites for hydroxylation is 1. The molecule has 208 valence electrons. The second kappa shape index (κ2) is 9.88. The number of carboxylic acids is 1. The molecule has 13 heteroatoms. The summed E-state index contributed by atoms with van der Waals surface area (Å²) >= 11 is 0. The number of aliphatic carboxylic acids is 1. The number of halogens is 3. The first-order valence-corrected chi connectivity index (χ1v) is 12.6. The number of nitrogens with zero attached hydrogens (tertiary/aromatic N) is 5. The van der Waals surface area contributed by atoms with Crippen LogP contribution in [0.15, 0.2) is 42.6 Å². The molecule has 0 radical (unpaired) electrons. The highest BCUT2D eigenvalue weighted by atomic mass is 19.4. The van der Waals surface area contributed by atoms with Gasteiger partial charge in [0.2, 0.25) is 5.91 Å². The van der Waals surface area contributed by atoms with Crippen LogP contribution < -0.4 is 11.1 Å². The molecule has 1 unspecified atom stereocenters. The first kappa shape index (κ1) is 27.0. The van der Waals surface area contributed by atoms with E-state index in [1.807, 2.05) is 0 Å². The lowest BCUT2D eigenvalue weighted by molar-refractivity contribution is -0.141. The van der Waals surface area contributed by atoms with Crippen molar-refractivity contribution in [2.75, 3.05) is 11.1 Å². The topological polar surface area (TPSA) is 149 Å². The third-order valence-electron chi connectivity index (χ3n) is 7.17. The van der Waals surface area contributed by atoms with Gasteiger partial charge in [0.25, 0.3) is 0 Å². The lowest BCUT2D eigenvalue weighted by Gasteiger charge is -2.23. The number of carboxylic acid groups (broad SMARTS) is 1. The summed E-state index contributed by atoms with van der Waals surface area (Å²) in [6.07, 6.45) is -3.55. The van der Waals surface area contributed by atoms with Gasteiger partial charge >= 0.3 is 12.1 Å². The second-order valence-electron chi connectivity index (χ2n) is 10.0. The Morgan fingerprint density at radius 3 is 2.60 bits per heavy atom. The van der Waals surface area contributed by atoms with E-state index in [-0.39, 0.29) is 42.0 Å². The summed E-state index contributed by atoms with van der Waals surface area (Å²) in [4.78, 5) is 37.8. The van der Waals surface area contributed by atoms with E-state index in [1.54, 1.807) is 50.2 Å². The van der Waals surface area contributed by atoms with Gasteiger partial charge in [0.05, 0.1) is 16.9 Å². The second-order valence-corrected chi connectivity index (χ2v) is 10.0. The number of carbonyl (C=O) groups excluding carboxylic acids is 1. The van der Waals surface area contributed by atoms with Crippen LogP contribution >= 0.6 is 0 Å².